The molecule has 0 saturated carbocycles. The van der Waals surface area contributed by atoms with Crippen molar-refractivity contribution >= 4 is 11.6 Å². The van der Waals surface area contributed by atoms with Crippen molar-refractivity contribution in [2.45, 2.75) is 39.8 Å². The summed E-state index contributed by atoms with van der Waals surface area (Å²) in [5.41, 5.74) is 2.52. The SMILES string of the molecule is CCC(C)Nc1cc(NCc2cccc(C)c2)ncn1. The van der Waals surface area contributed by atoms with E-state index in [1.165, 1.54) is 11.1 Å². The highest BCUT2D eigenvalue weighted by atomic mass is 15.1. The molecule has 2 aromatic rings. The zero-order valence-electron chi connectivity index (χ0n) is 12.4. The van der Waals surface area contributed by atoms with Crippen LogP contribution in [0.1, 0.15) is 31.4 Å². The first-order chi connectivity index (χ1) is 9.67. The second-order valence-electron chi connectivity index (χ2n) is 5.08. The van der Waals surface area contributed by atoms with Gasteiger partial charge in [-0.2, -0.15) is 0 Å². The van der Waals surface area contributed by atoms with Gasteiger partial charge in [-0.3, -0.25) is 0 Å². The second-order valence-corrected chi connectivity index (χ2v) is 5.08. The maximum absolute atomic E-state index is 4.25. The van der Waals surface area contributed by atoms with Crippen molar-refractivity contribution in [3.8, 4) is 0 Å². The Morgan fingerprint density at radius 1 is 1.15 bits per heavy atom. The highest BCUT2D eigenvalue weighted by Crippen LogP contribution is 2.12. The van der Waals surface area contributed by atoms with Crippen molar-refractivity contribution in [1.82, 2.24) is 9.97 Å². The average Bonchev–Trinajstić information content (AvgIpc) is 2.45. The lowest BCUT2D eigenvalue weighted by Gasteiger charge is -2.13. The van der Waals surface area contributed by atoms with E-state index in [1.54, 1.807) is 6.33 Å². The van der Waals surface area contributed by atoms with E-state index in [1.807, 2.05) is 6.07 Å². The molecule has 1 heterocycles. The lowest BCUT2D eigenvalue weighted by atomic mass is 10.1. The molecule has 4 nitrogen and oxygen atoms in total. The van der Waals surface area contributed by atoms with Crippen molar-refractivity contribution in [3.05, 3.63) is 47.8 Å². The molecule has 0 aliphatic heterocycles. The van der Waals surface area contributed by atoms with Crippen LogP contribution < -0.4 is 10.6 Å². The van der Waals surface area contributed by atoms with E-state index in [4.69, 9.17) is 0 Å². The van der Waals surface area contributed by atoms with Crippen LogP contribution in [-0.2, 0) is 6.54 Å². The summed E-state index contributed by atoms with van der Waals surface area (Å²) >= 11 is 0. The number of hydrogen-bond acceptors (Lipinski definition) is 4. The van der Waals surface area contributed by atoms with E-state index in [9.17, 15) is 0 Å². The Hall–Kier alpha value is -2.10. The summed E-state index contributed by atoms with van der Waals surface area (Å²) in [4.78, 5) is 8.48. The van der Waals surface area contributed by atoms with Crippen LogP contribution in [0.25, 0.3) is 0 Å². The number of aromatic nitrogens is 2. The number of anilines is 2. The third-order valence-electron chi connectivity index (χ3n) is 3.23. The smallest absolute Gasteiger partial charge is 0.131 e. The van der Waals surface area contributed by atoms with Crippen LogP contribution in [0.5, 0.6) is 0 Å². The van der Waals surface area contributed by atoms with Gasteiger partial charge in [0, 0.05) is 18.7 Å². The predicted octanol–water partition coefficient (Wildman–Crippen LogP) is 3.61. The van der Waals surface area contributed by atoms with Crippen LogP contribution in [0.2, 0.25) is 0 Å². The van der Waals surface area contributed by atoms with Crippen LogP contribution in [-0.4, -0.2) is 16.0 Å². The molecular weight excluding hydrogens is 248 g/mol. The van der Waals surface area contributed by atoms with Gasteiger partial charge < -0.3 is 10.6 Å². The Morgan fingerprint density at radius 3 is 2.70 bits per heavy atom. The average molecular weight is 270 g/mol. The molecule has 1 unspecified atom stereocenters. The van der Waals surface area contributed by atoms with Gasteiger partial charge in [0.05, 0.1) is 0 Å². The Bertz CT molecular complexity index is 554. The summed E-state index contributed by atoms with van der Waals surface area (Å²) in [6.07, 6.45) is 2.65. The number of hydrogen-bond donors (Lipinski definition) is 2. The van der Waals surface area contributed by atoms with Gasteiger partial charge in [-0.25, -0.2) is 9.97 Å². The largest absolute Gasteiger partial charge is 0.367 e. The first kappa shape index (κ1) is 14.3. The van der Waals surface area contributed by atoms with Crippen molar-refractivity contribution in [2.24, 2.45) is 0 Å². The fourth-order valence-corrected chi connectivity index (χ4v) is 1.90. The van der Waals surface area contributed by atoms with Gasteiger partial charge in [-0.15, -0.1) is 0 Å². The van der Waals surface area contributed by atoms with Gasteiger partial charge in [0.2, 0.25) is 0 Å². The fraction of sp³-hybridized carbons (Fsp3) is 0.375. The molecule has 0 amide bonds. The fourth-order valence-electron chi connectivity index (χ4n) is 1.90. The Balaban J connectivity index is 1.97. The van der Waals surface area contributed by atoms with E-state index in [0.29, 0.717) is 6.04 Å². The molecule has 2 rings (SSSR count). The predicted molar refractivity (Wildman–Crippen MR) is 83.9 cm³/mol. The van der Waals surface area contributed by atoms with Gasteiger partial charge in [0.25, 0.3) is 0 Å². The van der Waals surface area contributed by atoms with Crippen LogP contribution >= 0.6 is 0 Å². The highest BCUT2D eigenvalue weighted by molar-refractivity contribution is 5.47. The minimum absolute atomic E-state index is 0.412. The van der Waals surface area contributed by atoms with Crippen molar-refractivity contribution in [1.29, 1.82) is 0 Å². The standard InChI is InChI=1S/C16H22N4/c1-4-13(3)20-16-9-15(18-11-19-16)17-10-14-7-5-6-12(2)8-14/h5-9,11,13H,4,10H2,1-3H3,(H2,17,18,19,20). The summed E-state index contributed by atoms with van der Waals surface area (Å²) in [5.74, 6) is 1.70. The van der Waals surface area contributed by atoms with Gasteiger partial charge >= 0.3 is 0 Å². The van der Waals surface area contributed by atoms with Crippen LogP contribution in [0, 0.1) is 6.92 Å². The molecule has 1 aromatic heterocycles. The number of nitrogens with one attached hydrogen (secondary N) is 2. The summed E-state index contributed by atoms with van der Waals surface area (Å²) in [5, 5.41) is 6.68. The van der Waals surface area contributed by atoms with E-state index >= 15 is 0 Å². The Labute approximate surface area is 120 Å². The summed E-state index contributed by atoms with van der Waals surface area (Å²) in [7, 11) is 0. The first-order valence-corrected chi connectivity index (χ1v) is 7.05. The molecule has 0 aliphatic carbocycles. The second kappa shape index (κ2) is 6.89. The van der Waals surface area contributed by atoms with Gasteiger partial charge in [-0.1, -0.05) is 36.8 Å². The molecule has 20 heavy (non-hydrogen) atoms. The molecule has 1 aromatic carbocycles. The Morgan fingerprint density at radius 2 is 1.95 bits per heavy atom. The molecule has 0 aliphatic rings. The molecule has 0 spiro atoms. The number of nitrogens with zero attached hydrogens (tertiary/aromatic N) is 2. The maximum atomic E-state index is 4.25. The first-order valence-electron chi connectivity index (χ1n) is 7.05. The molecule has 1 atom stereocenters. The highest BCUT2D eigenvalue weighted by Gasteiger charge is 2.02. The van der Waals surface area contributed by atoms with Crippen LogP contribution in [0.4, 0.5) is 11.6 Å². The number of rotatable bonds is 6. The van der Waals surface area contributed by atoms with Crippen LogP contribution in [0.3, 0.4) is 0 Å². The van der Waals surface area contributed by atoms with Crippen molar-refractivity contribution in [3.63, 3.8) is 0 Å². The zero-order valence-corrected chi connectivity index (χ0v) is 12.4. The summed E-state index contributed by atoms with van der Waals surface area (Å²) in [6, 6.07) is 10.8. The van der Waals surface area contributed by atoms with Gasteiger partial charge in [0.15, 0.2) is 0 Å². The third kappa shape index (κ3) is 4.23. The number of benzene rings is 1. The van der Waals surface area contributed by atoms with E-state index in [0.717, 1.165) is 24.6 Å². The molecule has 0 fully saturated rings. The molecular formula is C16H22N4. The quantitative estimate of drug-likeness (QED) is 0.842. The normalized spacial score (nSPS) is 11.9. The van der Waals surface area contributed by atoms with Crippen molar-refractivity contribution < 1.29 is 0 Å². The Kier molecular flexibility index (Phi) is 4.93. The monoisotopic (exact) mass is 270 g/mol. The molecule has 2 N–H and O–H groups in total. The maximum Gasteiger partial charge on any atom is 0.131 e. The molecule has 0 radical (unpaired) electrons. The number of aryl methyl sites for hydroxylation is 1. The van der Waals surface area contributed by atoms with E-state index < -0.39 is 0 Å². The van der Waals surface area contributed by atoms with Crippen LogP contribution in [0.15, 0.2) is 36.7 Å². The zero-order chi connectivity index (χ0) is 14.4. The summed E-state index contributed by atoms with van der Waals surface area (Å²) < 4.78 is 0. The minimum Gasteiger partial charge on any atom is -0.367 e. The lowest BCUT2D eigenvalue weighted by Crippen LogP contribution is -2.14. The van der Waals surface area contributed by atoms with E-state index in [2.05, 4.69) is 65.6 Å². The third-order valence-corrected chi connectivity index (χ3v) is 3.23. The molecule has 0 saturated heterocycles. The van der Waals surface area contributed by atoms with Gasteiger partial charge in [-0.05, 0) is 25.8 Å². The van der Waals surface area contributed by atoms with Gasteiger partial charge in [0.1, 0.15) is 18.0 Å². The lowest BCUT2D eigenvalue weighted by molar-refractivity contribution is 0.758. The molecule has 106 valence electrons. The molecule has 4 heteroatoms. The van der Waals surface area contributed by atoms with E-state index in [-0.39, 0.29) is 0 Å². The topological polar surface area (TPSA) is 49.8 Å². The minimum atomic E-state index is 0.412. The summed E-state index contributed by atoms with van der Waals surface area (Å²) in [6.45, 7) is 7.15. The van der Waals surface area contributed by atoms with Crippen molar-refractivity contribution in [2.75, 3.05) is 10.6 Å². The molecule has 0 bridgehead atoms.